The van der Waals surface area contributed by atoms with Crippen LogP contribution in [0.4, 0.5) is 0 Å². The Bertz CT molecular complexity index is 164. The quantitative estimate of drug-likeness (QED) is 0.589. The minimum atomic E-state index is 0.373. The molecule has 1 aliphatic carbocycles. The third-order valence-corrected chi connectivity index (χ3v) is 4.90. The Morgan fingerprint density at radius 1 is 1.50 bits per heavy atom. The van der Waals surface area contributed by atoms with E-state index in [1.807, 2.05) is 11.8 Å². The van der Waals surface area contributed by atoms with Crippen molar-refractivity contribution in [1.82, 2.24) is 0 Å². The maximum atomic E-state index is 3.99. The highest BCUT2D eigenvalue weighted by molar-refractivity contribution is 7.99. The molecule has 0 aromatic heterocycles. The van der Waals surface area contributed by atoms with Crippen LogP contribution in [0.1, 0.15) is 33.1 Å². The molecule has 0 radical (unpaired) electrons. The minimum absolute atomic E-state index is 0.373. The van der Waals surface area contributed by atoms with Crippen molar-refractivity contribution in [1.29, 1.82) is 0 Å². The molecule has 0 aliphatic heterocycles. The van der Waals surface area contributed by atoms with E-state index < -0.39 is 0 Å². The highest BCUT2D eigenvalue weighted by atomic mass is 32.2. The highest BCUT2D eigenvalue weighted by Crippen LogP contribution is 2.46. The molecule has 3 atom stereocenters. The van der Waals surface area contributed by atoms with Gasteiger partial charge in [0.25, 0.3) is 0 Å². The molecule has 1 rings (SSSR count). The molecule has 0 amide bonds. The Labute approximate surface area is 80.8 Å². The van der Waals surface area contributed by atoms with Gasteiger partial charge < -0.3 is 0 Å². The third kappa shape index (κ3) is 1.56. The van der Waals surface area contributed by atoms with Gasteiger partial charge in [0, 0.05) is 5.25 Å². The van der Waals surface area contributed by atoms with Gasteiger partial charge in [-0.1, -0.05) is 26.3 Å². The molecular formula is C11H20S. The fourth-order valence-corrected chi connectivity index (χ4v) is 3.49. The molecule has 1 aliphatic rings. The molecule has 0 N–H and O–H groups in total. The van der Waals surface area contributed by atoms with Gasteiger partial charge in [0.05, 0.1) is 0 Å². The summed E-state index contributed by atoms with van der Waals surface area (Å²) in [7, 11) is 0. The molecule has 0 aromatic carbocycles. The van der Waals surface area contributed by atoms with Crippen LogP contribution in [-0.2, 0) is 0 Å². The molecule has 0 nitrogen and oxygen atoms in total. The second kappa shape index (κ2) is 3.87. The minimum Gasteiger partial charge on any atom is -0.161 e. The Hall–Kier alpha value is 0.0900. The van der Waals surface area contributed by atoms with Crippen molar-refractivity contribution in [2.24, 2.45) is 11.3 Å². The van der Waals surface area contributed by atoms with E-state index in [2.05, 4.69) is 32.8 Å². The average Bonchev–Trinajstić information content (AvgIpc) is 2.10. The summed E-state index contributed by atoms with van der Waals surface area (Å²) >= 11 is 2.01. The number of hydrogen-bond acceptors (Lipinski definition) is 1. The monoisotopic (exact) mass is 184 g/mol. The van der Waals surface area contributed by atoms with Crippen molar-refractivity contribution in [2.75, 3.05) is 6.26 Å². The van der Waals surface area contributed by atoms with Crippen LogP contribution in [0.25, 0.3) is 0 Å². The Balaban J connectivity index is 2.79. The molecule has 0 heterocycles. The molecule has 0 spiro atoms. The Morgan fingerprint density at radius 3 is 2.58 bits per heavy atom. The van der Waals surface area contributed by atoms with Gasteiger partial charge in [-0.3, -0.25) is 0 Å². The van der Waals surface area contributed by atoms with Gasteiger partial charge in [-0.2, -0.15) is 11.8 Å². The zero-order chi connectivity index (χ0) is 9.19. The summed E-state index contributed by atoms with van der Waals surface area (Å²) in [6.45, 7) is 8.72. The number of allylic oxidation sites excluding steroid dienone is 1. The van der Waals surface area contributed by atoms with Crippen molar-refractivity contribution in [3.8, 4) is 0 Å². The molecular weight excluding hydrogens is 164 g/mol. The second-order valence-corrected chi connectivity index (χ2v) is 5.17. The maximum Gasteiger partial charge on any atom is 0.0135 e. The van der Waals surface area contributed by atoms with Crippen LogP contribution < -0.4 is 0 Å². The molecule has 1 heteroatoms. The molecule has 70 valence electrons. The van der Waals surface area contributed by atoms with Crippen molar-refractivity contribution in [2.45, 2.75) is 38.4 Å². The zero-order valence-corrected chi connectivity index (χ0v) is 9.29. The molecule has 1 saturated carbocycles. The van der Waals surface area contributed by atoms with E-state index in [1.54, 1.807) is 0 Å². The van der Waals surface area contributed by atoms with Crippen LogP contribution in [-0.4, -0.2) is 11.5 Å². The normalized spacial score (nSPS) is 42.6. The van der Waals surface area contributed by atoms with E-state index >= 15 is 0 Å². The van der Waals surface area contributed by atoms with Gasteiger partial charge in [-0.25, -0.2) is 0 Å². The molecule has 0 saturated heterocycles. The van der Waals surface area contributed by atoms with Gasteiger partial charge in [0.1, 0.15) is 0 Å². The topological polar surface area (TPSA) is 0 Å². The first-order valence-electron chi connectivity index (χ1n) is 4.81. The summed E-state index contributed by atoms with van der Waals surface area (Å²) in [5, 5.41) is 0.791. The van der Waals surface area contributed by atoms with Gasteiger partial charge in [0.15, 0.2) is 0 Å². The summed E-state index contributed by atoms with van der Waals surface area (Å²) < 4.78 is 0. The van der Waals surface area contributed by atoms with Crippen molar-refractivity contribution in [3.63, 3.8) is 0 Å². The Morgan fingerprint density at radius 2 is 2.17 bits per heavy atom. The predicted molar refractivity (Wildman–Crippen MR) is 58.6 cm³/mol. The van der Waals surface area contributed by atoms with Gasteiger partial charge in [-0.15, -0.1) is 6.58 Å². The first kappa shape index (κ1) is 10.2. The molecule has 1 fully saturated rings. The standard InChI is InChI=1S/C11H20S/c1-5-11(3)9(2)7-6-8-10(11)12-4/h5,9-10H,1,6-8H2,2-4H3/t9?,10?,11-/m0/s1. The SMILES string of the molecule is C=C[C@@]1(C)C(C)CCCC1SC. The van der Waals surface area contributed by atoms with E-state index in [4.69, 9.17) is 0 Å². The fraction of sp³-hybridized carbons (Fsp3) is 0.818. The highest BCUT2D eigenvalue weighted by Gasteiger charge is 2.38. The third-order valence-electron chi connectivity index (χ3n) is 3.58. The summed E-state index contributed by atoms with van der Waals surface area (Å²) in [6.07, 6.45) is 8.55. The van der Waals surface area contributed by atoms with E-state index in [-0.39, 0.29) is 0 Å². The largest absolute Gasteiger partial charge is 0.161 e. The molecule has 12 heavy (non-hydrogen) atoms. The maximum absolute atomic E-state index is 3.99. The molecule has 0 aromatic rings. The van der Waals surface area contributed by atoms with Gasteiger partial charge >= 0.3 is 0 Å². The molecule has 0 bridgehead atoms. The smallest absolute Gasteiger partial charge is 0.0135 e. The van der Waals surface area contributed by atoms with E-state index in [1.165, 1.54) is 19.3 Å². The number of rotatable bonds is 2. The lowest BCUT2D eigenvalue weighted by Gasteiger charge is -2.43. The lowest BCUT2D eigenvalue weighted by molar-refractivity contribution is 0.200. The summed E-state index contributed by atoms with van der Waals surface area (Å²) in [5.41, 5.74) is 0.373. The Kier molecular flexibility index (Phi) is 3.28. The fourth-order valence-electron chi connectivity index (χ4n) is 2.25. The summed E-state index contributed by atoms with van der Waals surface area (Å²) in [6, 6.07) is 0. The van der Waals surface area contributed by atoms with Crippen molar-refractivity contribution in [3.05, 3.63) is 12.7 Å². The first-order chi connectivity index (χ1) is 5.65. The van der Waals surface area contributed by atoms with Gasteiger partial charge in [-0.05, 0) is 30.4 Å². The lowest BCUT2D eigenvalue weighted by Crippen LogP contribution is -2.37. The lowest BCUT2D eigenvalue weighted by atomic mass is 9.68. The van der Waals surface area contributed by atoms with Crippen LogP contribution in [0.15, 0.2) is 12.7 Å². The van der Waals surface area contributed by atoms with E-state index in [0.717, 1.165) is 11.2 Å². The summed E-state index contributed by atoms with van der Waals surface area (Å²) in [4.78, 5) is 0. The van der Waals surface area contributed by atoms with Crippen molar-refractivity contribution >= 4 is 11.8 Å². The molecule has 2 unspecified atom stereocenters. The van der Waals surface area contributed by atoms with Crippen molar-refractivity contribution < 1.29 is 0 Å². The zero-order valence-electron chi connectivity index (χ0n) is 8.47. The van der Waals surface area contributed by atoms with Gasteiger partial charge in [0.2, 0.25) is 0 Å². The first-order valence-corrected chi connectivity index (χ1v) is 6.10. The van der Waals surface area contributed by atoms with Crippen LogP contribution in [0.3, 0.4) is 0 Å². The summed E-state index contributed by atoms with van der Waals surface area (Å²) in [5.74, 6) is 0.807. The van der Waals surface area contributed by atoms with E-state index in [0.29, 0.717) is 5.41 Å². The average molecular weight is 184 g/mol. The number of hydrogen-bond donors (Lipinski definition) is 0. The second-order valence-electron chi connectivity index (χ2n) is 4.13. The van der Waals surface area contributed by atoms with Crippen LogP contribution in [0.5, 0.6) is 0 Å². The van der Waals surface area contributed by atoms with Crippen LogP contribution in [0, 0.1) is 11.3 Å². The number of thioether (sulfide) groups is 1. The predicted octanol–water partition coefficient (Wildman–Crippen LogP) is 3.73. The van der Waals surface area contributed by atoms with E-state index in [9.17, 15) is 0 Å². The van der Waals surface area contributed by atoms with Crippen LogP contribution in [0.2, 0.25) is 0 Å². The van der Waals surface area contributed by atoms with Crippen LogP contribution >= 0.6 is 11.8 Å².